The number of rotatable bonds is 10. The van der Waals surface area contributed by atoms with Crippen molar-refractivity contribution in [2.24, 2.45) is 11.5 Å². The van der Waals surface area contributed by atoms with Crippen LogP contribution in [0.2, 0.25) is 0 Å². The summed E-state index contributed by atoms with van der Waals surface area (Å²) in [5.74, 6) is 1.71. The zero-order valence-corrected chi connectivity index (χ0v) is 14.5. The minimum atomic E-state index is 0.488. The zero-order chi connectivity index (χ0) is 17.2. The summed E-state index contributed by atoms with van der Waals surface area (Å²) in [6, 6.07) is 14.4. The molecule has 24 heavy (non-hydrogen) atoms. The number of benzene rings is 2. The molecule has 0 unspecified atom stereocenters. The van der Waals surface area contributed by atoms with Gasteiger partial charge in [0.25, 0.3) is 0 Å². The van der Waals surface area contributed by atoms with Crippen LogP contribution in [0.1, 0.15) is 29.5 Å². The molecule has 0 aliphatic carbocycles. The summed E-state index contributed by atoms with van der Waals surface area (Å²) in [6.07, 6.45) is 3.97. The average Bonchev–Trinajstić information content (AvgIpc) is 2.63. The summed E-state index contributed by atoms with van der Waals surface area (Å²) in [5.41, 5.74) is 14.7. The van der Waals surface area contributed by atoms with Crippen molar-refractivity contribution in [3.05, 3.63) is 59.2 Å². The predicted molar refractivity (Wildman–Crippen MR) is 98.5 cm³/mol. The Bertz CT molecular complexity index is 612. The van der Waals surface area contributed by atoms with Crippen molar-refractivity contribution in [1.82, 2.24) is 0 Å². The molecule has 2 aromatic carbocycles. The Labute approximate surface area is 144 Å². The number of hydrogen-bond donors (Lipinski definition) is 2. The predicted octanol–water partition coefficient (Wildman–Crippen LogP) is 3.06. The number of nitrogens with two attached hydrogens (primary N) is 2. The maximum absolute atomic E-state index is 5.92. The fraction of sp³-hybridized carbons (Fsp3) is 0.400. The van der Waals surface area contributed by atoms with Crippen LogP contribution in [0.25, 0.3) is 0 Å². The molecule has 0 aliphatic rings. The van der Waals surface area contributed by atoms with Gasteiger partial charge in [-0.2, -0.15) is 0 Å². The third-order valence-electron chi connectivity index (χ3n) is 4.00. The van der Waals surface area contributed by atoms with E-state index in [0.29, 0.717) is 13.2 Å². The Morgan fingerprint density at radius 1 is 0.833 bits per heavy atom. The van der Waals surface area contributed by atoms with E-state index in [9.17, 15) is 0 Å². The first kappa shape index (κ1) is 18.3. The molecule has 0 saturated carbocycles. The van der Waals surface area contributed by atoms with Crippen LogP contribution in [0.4, 0.5) is 0 Å². The topological polar surface area (TPSA) is 70.5 Å². The highest BCUT2D eigenvalue weighted by Gasteiger charge is 2.06. The van der Waals surface area contributed by atoms with E-state index in [1.165, 1.54) is 11.1 Å². The van der Waals surface area contributed by atoms with Gasteiger partial charge in [0.15, 0.2) is 0 Å². The summed E-state index contributed by atoms with van der Waals surface area (Å²) >= 11 is 0. The van der Waals surface area contributed by atoms with Gasteiger partial charge < -0.3 is 20.9 Å². The van der Waals surface area contributed by atoms with Crippen LogP contribution in [-0.2, 0) is 19.4 Å². The van der Waals surface area contributed by atoms with E-state index >= 15 is 0 Å². The SMILES string of the molecule is COc1ccc(CCCN)cc1COc1ccc(CCCN)cc1. The second-order valence-electron chi connectivity index (χ2n) is 5.86. The minimum Gasteiger partial charge on any atom is -0.496 e. The summed E-state index contributed by atoms with van der Waals surface area (Å²) in [4.78, 5) is 0. The monoisotopic (exact) mass is 328 g/mol. The number of hydrogen-bond acceptors (Lipinski definition) is 4. The van der Waals surface area contributed by atoms with E-state index in [1.807, 2.05) is 18.2 Å². The Morgan fingerprint density at radius 2 is 1.46 bits per heavy atom. The highest BCUT2D eigenvalue weighted by atomic mass is 16.5. The van der Waals surface area contributed by atoms with E-state index < -0.39 is 0 Å². The van der Waals surface area contributed by atoms with Crippen molar-refractivity contribution < 1.29 is 9.47 Å². The molecule has 130 valence electrons. The van der Waals surface area contributed by atoms with Crippen molar-refractivity contribution in [3.8, 4) is 11.5 Å². The number of aryl methyl sites for hydroxylation is 2. The smallest absolute Gasteiger partial charge is 0.125 e. The average molecular weight is 328 g/mol. The van der Waals surface area contributed by atoms with Crippen LogP contribution in [0.3, 0.4) is 0 Å². The Balaban J connectivity index is 1.99. The van der Waals surface area contributed by atoms with Gasteiger partial charge in [0, 0.05) is 5.56 Å². The van der Waals surface area contributed by atoms with Gasteiger partial charge in [0.2, 0.25) is 0 Å². The van der Waals surface area contributed by atoms with Crippen LogP contribution in [0.5, 0.6) is 11.5 Å². The van der Waals surface area contributed by atoms with Crippen LogP contribution in [0.15, 0.2) is 42.5 Å². The quantitative estimate of drug-likeness (QED) is 0.703. The normalized spacial score (nSPS) is 10.6. The third-order valence-corrected chi connectivity index (χ3v) is 4.00. The second kappa shape index (κ2) is 9.96. The Kier molecular flexibility index (Phi) is 7.59. The van der Waals surface area contributed by atoms with Gasteiger partial charge in [-0.05, 0) is 74.2 Å². The lowest BCUT2D eigenvalue weighted by atomic mass is 10.1. The fourth-order valence-electron chi connectivity index (χ4n) is 2.63. The van der Waals surface area contributed by atoms with Crippen molar-refractivity contribution in [2.75, 3.05) is 20.2 Å². The van der Waals surface area contributed by atoms with Crippen molar-refractivity contribution >= 4 is 0 Å². The molecule has 2 aromatic rings. The van der Waals surface area contributed by atoms with Gasteiger partial charge in [-0.1, -0.05) is 18.2 Å². The van der Waals surface area contributed by atoms with E-state index in [-0.39, 0.29) is 0 Å². The van der Waals surface area contributed by atoms with Crippen LogP contribution in [-0.4, -0.2) is 20.2 Å². The first-order valence-electron chi connectivity index (χ1n) is 8.54. The number of ether oxygens (including phenoxy) is 2. The summed E-state index contributed by atoms with van der Waals surface area (Å²) in [7, 11) is 1.69. The summed E-state index contributed by atoms with van der Waals surface area (Å²) < 4.78 is 11.4. The largest absolute Gasteiger partial charge is 0.496 e. The van der Waals surface area contributed by atoms with E-state index in [2.05, 4.69) is 24.3 Å². The highest BCUT2D eigenvalue weighted by molar-refractivity contribution is 5.37. The van der Waals surface area contributed by atoms with Gasteiger partial charge >= 0.3 is 0 Å². The van der Waals surface area contributed by atoms with E-state index in [1.54, 1.807) is 7.11 Å². The molecule has 0 radical (unpaired) electrons. The molecule has 0 saturated heterocycles. The molecular formula is C20H28N2O2. The minimum absolute atomic E-state index is 0.488. The van der Waals surface area contributed by atoms with Crippen LogP contribution >= 0.6 is 0 Å². The lowest BCUT2D eigenvalue weighted by molar-refractivity contribution is 0.296. The number of methoxy groups -OCH3 is 1. The lowest BCUT2D eigenvalue weighted by Gasteiger charge is -2.12. The molecule has 0 atom stereocenters. The first-order valence-corrected chi connectivity index (χ1v) is 8.54. The molecule has 2 rings (SSSR count). The van der Waals surface area contributed by atoms with Gasteiger partial charge in [0.05, 0.1) is 7.11 Å². The summed E-state index contributed by atoms with van der Waals surface area (Å²) in [5, 5.41) is 0. The van der Waals surface area contributed by atoms with Crippen molar-refractivity contribution in [1.29, 1.82) is 0 Å². The zero-order valence-electron chi connectivity index (χ0n) is 14.5. The third kappa shape index (κ3) is 5.55. The summed E-state index contributed by atoms with van der Waals surface area (Å²) in [6.45, 7) is 1.91. The molecule has 0 bridgehead atoms. The molecule has 4 N–H and O–H groups in total. The first-order chi connectivity index (χ1) is 11.8. The second-order valence-corrected chi connectivity index (χ2v) is 5.86. The lowest BCUT2D eigenvalue weighted by Crippen LogP contribution is -2.03. The Hall–Kier alpha value is -2.04. The van der Waals surface area contributed by atoms with Gasteiger partial charge in [-0.15, -0.1) is 0 Å². The molecule has 0 aromatic heterocycles. The fourth-order valence-corrected chi connectivity index (χ4v) is 2.63. The standard InChI is InChI=1S/C20H28N2O2/c1-23-20-11-8-17(5-3-13-22)14-18(20)15-24-19-9-6-16(7-10-19)4-2-12-21/h6-11,14H,2-5,12-13,15,21-22H2,1H3. The molecule has 0 amide bonds. The van der Waals surface area contributed by atoms with Crippen molar-refractivity contribution in [2.45, 2.75) is 32.3 Å². The maximum atomic E-state index is 5.92. The molecule has 0 heterocycles. The van der Waals surface area contributed by atoms with Crippen LogP contribution in [0, 0.1) is 0 Å². The highest BCUT2D eigenvalue weighted by Crippen LogP contribution is 2.23. The molecule has 0 spiro atoms. The Morgan fingerprint density at radius 3 is 2.08 bits per heavy atom. The van der Waals surface area contributed by atoms with E-state index in [0.717, 1.165) is 49.3 Å². The molecular weight excluding hydrogens is 300 g/mol. The van der Waals surface area contributed by atoms with Gasteiger partial charge in [-0.25, -0.2) is 0 Å². The molecule has 0 fully saturated rings. The van der Waals surface area contributed by atoms with Crippen LogP contribution < -0.4 is 20.9 Å². The van der Waals surface area contributed by atoms with Gasteiger partial charge in [0.1, 0.15) is 18.1 Å². The molecule has 0 aliphatic heterocycles. The van der Waals surface area contributed by atoms with Crippen molar-refractivity contribution in [3.63, 3.8) is 0 Å². The van der Waals surface area contributed by atoms with E-state index in [4.69, 9.17) is 20.9 Å². The molecule has 4 heteroatoms. The molecule has 4 nitrogen and oxygen atoms in total. The maximum Gasteiger partial charge on any atom is 0.125 e. The van der Waals surface area contributed by atoms with Gasteiger partial charge in [-0.3, -0.25) is 0 Å².